The molecule has 4 heteroatoms. The number of nitrogens with one attached hydrogen (secondary N) is 2. The fourth-order valence-corrected chi connectivity index (χ4v) is 2.80. The average molecular weight is 245 g/mol. The molecule has 2 N–H and O–H groups in total. The molecule has 0 aliphatic carbocycles. The first-order chi connectivity index (χ1) is 8.79. The van der Waals surface area contributed by atoms with E-state index in [0.29, 0.717) is 0 Å². The van der Waals surface area contributed by atoms with Gasteiger partial charge >= 0.3 is 0 Å². The summed E-state index contributed by atoms with van der Waals surface area (Å²) in [4.78, 5) is 14.4. The van der Waals surface area contributed by atoms with Crippen molar-refractivity contribution in [2.75, 3.05) is 24.5 Å². The van der Waals surface area contributed by atoms with E-state index in [-0.39, 0.29) is 12.1 Å². The smallest absolute Gasteiger partial charge is 0.255 e. The molecule has 0 bridgehead atoms. The zero-order chi connectivity index (χ0) is 12.5. The molecule has 96 valence electrons. The zero-order valence-electron chi connectivity index (χ0n) is 10.7. The number of anilines is 1. The summed E-state index contributed by atoms with van der Waals surface area (Å²) >= 11 is 0. The molecule has 0 saturated carbocycles. The van der Waals surface area contributed by atoms with Gasteiger partial charge in [-0.25, -0.2) is 0 Å². The van der Waals surface area contributed by atoms with Crippen LogP contribution in [-0.4, -0.2) is 31.7 Å². The van der Waals surface area contributed by atoms with Crippen LogP contribution in [0.15, 0.2) is 18.2 Å². The third-order valence-electron chi connectivity index (χ3n) is 3.70. The molecule has 1 aromatic rings. The zero-order valence-corrected chi connectivity index (χ0v) is 10.7. The van der Waals surface area contributed by atoms with Crippen molar-refractivity contribution < 1.29 is 4.79 Å². The lowest BCUT2D eigenvalue weighted by Gasteiger charge is -2.42. The number of aryl methyl sites for hydroxylation is 1. The first kappa shape index (κ1) is 11.5. The van der Waals surface area contributed by atoms with Crippen molar-refractivity contribution >= 4 is 11.6 Å². The van der Waals surface area contributed by atoms with Gasteiger partial charge in [-0.05, 0) is 24.1 Å². The maximum absolute atomic E-state index is 12.0. The molecule has 2 heterocycles. The van der Waals surface area contributed by atoms with E-state index in [1.54, 1.807) is 0 Å². The highest BCUT2D eigenvalue weighted by molar-refractivity contribution is 6.02. The van der Waals surface area contributed by atoms with Crippen molar-refractivity contribution in [1.29, 1.82) is 0 Å². The van der Waals surface area contributed by atoms with Crippen LogP contribution in [0.5, 0.6) is 0 Å². The second kappa shape index (κ2) is 4.61. The Kier molecular flexibility index (Phi) is 2.96. The Morgan fingerprint density at radius 2 is 2.33 bits per heavy atom. The third-order valence-corrected chi connectivity index (χ3v) is 3.70. The number of hydrogen-bond acceptors (Lipinski definition) is 3. The van der Waals surface area contributed by atoms with Crippen LogP contribution in [-0.2, 0) is 6.42 Å². The summed E-state index contributed by atoms with van der Waals surface area (Å²) in [6, 6.07) is 6.23. The fourth-order valence-electron chi connectivity index (χ4n) is 2.80. The molecule has 1 atom stereocenters. The second-order valence-electron chi connectivity index (χ2n) is 4.99. The van der Waals surface area contributed by atoms with Crippen LogP contribution < -0.4 is 15.5 Å². The molecule has 2 aliphatic rings. The van der Waals surface area contributed by atoms with Gasteiger partial charge in [0.15, 0.2) is 0 Å². The Morgan fingerprint density at radius 3 is 3.17 bits per heavy atom. The summed E-state index contributed by atoms with van der Waals surface area (Å²) in [5.74, 6) is 0.0537. The monoisotopic (exact) mass is 245 g/mol. The fraction of sp³-hybridized carbons (Fsp3) is 0.500. The predicted octanol–water partition coefficient (Wildman–Crippen LogP) is 1.12. The van der Waals surface area contributed by atoms with Crippen LogP contribution in [0.3, 0.4) is 0 Å². The quantitative estimate of drug-likeness (QED) is 0.820. The molecule has 0 aromatic heterocycles. The molecule has 1 unspecified atom stereocenters. The van der Waals surface area contributed by atoms with Crippen molar-refractivity contribution in [3.8, 4) is 0 Å². The Bertz CT molecular complexity index is 472. The van der Waals surface area contributed by atoms with Gasteiger partial charge in [0.25, 0.3) is 5.91 Å². The molecular formula is C14H19N3O. The van der Waals surface area contributed by atoms with Crippen LogP contribution in [0, 0.1) is 0 Å². The van der Waals surface area contributed by atoms with E-state index in [1.165, 1.54) is 5.56 Å². The summed E-state index contributed by atoms with van der Waals surface area (Å²) < 4.78 is 0. The van der Waals surface area contributed by atoms with Crippen LogP contribution >= 0.6 is 0 Å². The maximum atomic E-state index is 12.0. The first-order valence-electron chi connectivity index (χ1n) is 6.70. The van der Waals surface area contributed by atoms with Crippen molar-refractivity contribution in [2.24, 2.45) is 0 Å². The highest BCUT2D eigenvalue weighted by Gasteiger charge is 2.32. The second-order valence-corrected chi connectivity index (χ2v) is 4.99. The lowest BCUT2D eigenvalue weighted by Crippen LogP contribution is -2.62. The van der Waals surface area contributed by atoms with Gasteiger partial charge in [0.1, 0.15) is 6.17 Å². The lowest BCUT2D eigenvalue weighted by molar-refractivity contribution is 0.0923. The minimum atomic E-state index is 0.0537. The molecule has 1 aromatic carbocycles. The largest absolute Gasteiger partial charge is 0.348 e. The predicted molar refractivity (Wildman–Crippen MR) is 71.9 cm³/mol. The van der Waals surface area contributed by atoms with Crippen molar-refractivity contribution in [3.05, 3.63) is 29.3 Å². The Morgan fingerprint density at radius 1 is 1.44 bits per heavy atom. The van der Waals surface area contributed by atoms with E-state index in [1.807, 2.05) is 6.07 Å². The highest BCUT2D eigenvalue weighted by atomic mass is 16.2. The molecule has 0 spiro atoms. The van der Waals surface area contributed by atoms with E-state index in [4.69, 9.17) is 0 Å². The van der Waals surface area contributed by atoms with E-state index < -0.39 is 0 Å². The van der Waals surface area contributed by atoms with E-state index >= 15 is 0 Å². The number of piperazine rings is 1. The number of carbonyl (C=O) groups is 1. The number of nitrogens with zero attached hydrogens (tertiary/aromatic N) is 1. The molecular weight excluding hydrogens is 226 g/mol. The number of fused-ring (bicyclic) bond motifs is 3. The summed E-state index contributed by atoms with van der Waals surface area (Å²) in [5, 5.41) is 6.37. The first-order valence-corrected chi connectivity index (χ1v) is 6.70. The van der Waals surface area contributed by atoms with Gasteiger partial charge in [0.2, 0.25) is 0 Å². The van der Waals surface area contributed by atoms with Crippen molar-refractivity contribution in [3.63, 3.8) is 0 Å². The normalized spacial score (nSPS) is 22.2. The Balaban J connectivity index is 2.00. The van der Waals surface area contributed by atoms with Crippen molar-refractivity contribution in [2.45, 2.75) is 25.9 Å². The molecule has 1 fully saturated rings. The molecule has 1 amide bonds. The van der Waals surface area contributed by atoms with Gasteiger partial charge < -0.3 is 15.5 Å². The SMILES string of the molecule is CCCc1ccc2c(c1)N1CCNCC1NC2=O. The van der Waals surface area contributed by atoms with Crippen LogP contribution in [0.2, 0.25) is 0 Å². The van der Waals surface area contributed by atoms with Crippen LogP contribution in [0.25, 0.3) is 0 Å². The minimum absolute atomic E-state index is 0.0537. The van der Waals surface area contributed by atoms with Gasteiger partial charge in [-0.3, -0.25) is 4.79 Å². The minimum Gasteiger partial charge on any atom is -0.348 e. The average Bonchev–Trinajstić information content (AvgIpc) is 2.39. The summed E-state index contributed by atoms with van der Waals surface area (Å²) in [7, 11) is 0. The standard InChI is InChI=1S/C14H19N3O/c1-2-3-10-4-5-11-12(8-10)17-7-6-15-9-13(17)16-14(11)18/h4-5,8,13,15H,2-3,6-7,9H2,1H3,(H,16,18). The van der Waals surface area contributed by atoms with Gasteiger partial charge in [-0.2, -0.15) is 0 Å². The number of rotatable bonds is 2. The summed E-state index contributed by atoms with van der Waals surface area (Å²) in [6.07, 6.45) is 2.32. The van der Waals surface area contributed by atoms with E-state index in [0.717, 1.165) is 43.7 Å². The summed E-state index contributed by atoms with van der Waals surface area (Å²) in [5.41, 5.74) is 3.24. The number of hydrogen-bond donors (Lipinski definition) is 2. The molecule has 0 radical (unpaired) electrons. The molecule has 4 nitrogen and oxygen atoms in total. The topological polar surface area (TPSA) is 44.4 Å². The Labute approximate surface area is 107 Å². The summed E-state index contributed by atoms with van der Waals surface area (Å²) in [6.45, 7) is 4.93. The maximum Gasteiger partial charge on any atom is 0.255 e. The van der Waals surface area contributed by atoms with E-state index in [9.17, 15) is 4.79 Å². The molecule has 2 aliphatic heterocycles. The van der Waals surface area contributed by atoms with Crippen LogP contribution in [0.4, 0.5) is 5.69 Å². The van der Waals surface area contributed by atoms with Gasteiger partial charge in [-0.1, -0.05) is 19.4 Å². The molecule has 1 saturated heterocycles. The number of benzene rings is 1. The van der Waals surface area contributed by atoms with Gasteiger partial charge in [0, 0.05) is 19.6 Å². The van der Waals surface area contributed by atoms with Crippen LogP contribution in [0.1, 0.15) is 29.3 Å². The number of carbonyl (C=O) groups excluding carboxylic acids is 1. The van der Waals surface area contributed by atoms with E-state index in [2.05, 4.69) is 34.6 Å². The van der Waals surface area contributed by atoms with Gasteiger partial charge in [-0.15, -0.1) is 0 Å². The third kappa shape index (κ3) is 1.86. The Hall–Kier alpha value is -1.55. The molecule has 3 rings (SSSR count). The molecule has 18 heavy (non-hydrogen) atoms. The van der Waals surface area contributed by atoms with Crippen molar-refractivity contribution in [1.82, 2.24) is 10.6 Å². The van der Waals surface area contributed by atoms with Gasteiger partial charge in [0.05, 0.1) is 11.3 Å². The number of amides is 1. The lowest BCUT2D eigenvalue weighted by atomic mass is 10.0. The highest BCUT2D eigenvalue weighted by Crippen LogP contribution is 2.28.